The average Bonchev–Trinajstić information content (AvgIpc) is 3.08. The lowest BCUT2D eigenvalue weighted by Crippen LogP contribution is -2.24. The Bertz CT molecular complexity index is 1470. The molecule has 246 valence electrons. The molecule has 0 bridgehead atoms. The van der Waals surface area contributed by atoms with E-state index in [9.17, 15) is 14.4 Å². The second kappa shape index (κ2) is 17.7. The fourth-order valence-corrected chi connectivity index (χ4v) is 4.33. The van der Waals surface area contributed by atoms with Crippen molar-refractivity contribution in [2.75, 3.05) is 49.2 Å². The van der Waals surface area contributed by atoms with Crippen LogP contribution in [0.1, 0.15) is 52.0 Å². The second-order valence-electron chi connectivity index (χ2n) is 9.65. The van der Waals surface area contributed by atoms with Gasteiger partial charge in [0.15, 0.2) is 23.0 Å². The maximum Gasteiger partial charge on any atom is 0.343 e. The van der Waals surface area contributed by atoms with Gasteiger partial charge in [-0.05, 0) is 66.9 Å². The van der Waals surface area contributed by atoms with Crippen LogP contribution in [0.25, 0.3) is 0 Å². The fourth-order valence-electron chi connectivity index (χ4n) is 4.33. The number of carbonyl (C=O) groups excluding carboxylic acids is 3. The molecule has 3 aromatic carbocycles. The number of hydrazone groups is 1. The summed E-state index contributed by atoms with van der Waals surface area (Å²) in [5.41, 5.74) is 3.80. The summed E-state index contributed by atoms with van der Waals surface area (Å²) in [6.07, 6.45) is 3.84. The number of benzene rings is 3. The zero-order valence-electron chi connectivity index (χ0n) is 26.8. The minimum Gasteiger partial charge on any atom is -0.493 e. The minimum atomic E-state index is -0.603. The van der Waals surface area contributed by atoms with Gasteiger partial charge >= 0.3 is 5.97 Å². The number of esters is 1. The van der Waals surface area contributed by atoms with Gasteiger partial charge in [-0.1, -0.05) is 6.42 Å². The van der Waals surface area contributed by atoms with Gasteiger partial charge in [-0.2, -0.15) is 5.10 Å². The van der Waals surface area contributed by atoms with E-state index in [4.69, 9.17) is 33.2 Å². The van der Waals surface area contributed by atoms with Crippen LogP contribution < -0.4 is 43.9 Å². The molecule has 13 nitrogen and oxygen atoms in total. The maximum absolute atomic E-state index is 12.7. The standard InChI is InChI=1S/C33H39N3O10/c1-40-25-16-22(17-26(41-2)30(25)44-5)32(38)34-15-9-7-8-10-29(37)36-35-20-21-11-13-24(14-12-21)46-33(39)23-18-27(42-3)31(45-6)28(19-23)43-4/h11-14,16-20H,7-10,15H2,1-6H3,(H,34,38)(H,36,37). The number of hydrogen-bond donors (Lipinski definition) is 2. The van der Waals surface area contributed by atoms with E-state index in [0.717, 1.165) is 6.42 Å². The number of ether oxygens (including phenoxy) is 7. The van der Waals surface area contributed by atoms with Crippen molar-refractivity contribution >= 4 is 24.0 Å². The summed E-state index contributed by atoms with van der Waals surface area (Å²) in [4.78, 5) is 37.4. The fraction of sp³-hybridized carbons (Fsp3) is 0.333. The summed E-state index contributed by atoms with van der Waals surface area (Å²) >= 11 is 0. The monoisotopic (exact) mass is 637 g/mol. The van der Waals surface area contributed by atoms with E-state index in [2.05, 4.69) is 15.8 Å². The largest absolute Gasteiger partial charge is 0.493 e. The molecule has 46 heavy (non-hydrogen) atoms. The number of rotatable bonds is 17. The molecular formula is C33H39N3O10. The first-order valence-corrected chi connectivity index (χ1v) is 14.3. The van der Waals surface area contributed by atoms with Gasteiger partial charge in [-0.25, -0.2) is 10.2 Å². The van der Waals surface area contributed by atoms with Gasteiger partial charge in [-0.15, -0.1) is 0 Å². The SMILES string of the molecule is COc1cc(C(=O)NCCCCCC(=O)NN=Cc2ccc(OC(=O)c3cc(OC)c(OC)c(OC)c3)cc2)cc(OC)c1OC. The Morgan fingerprint density at radius 3 is 1.70 bits per heavy atom. The molecule has 2 amide bonds. The van der Waals surface area contributed by atoms with E-state index in [0.29, 0.717) is 70.8 Å². The molecule has 3 rings (SSSR count). The molecule has 13 heteroatoms. The lowest BCUT2D eigenvalue weighted by atomic mass is 10.1. The average molecular weight is 638 g/mol. The molecule has 0 saturated carbocycles. The number of carbonyl (C=O) groups is 3. The van der Waals surface area contributed by atoms with Gasteiger partial charge in [0.05, 0.1) is 54.4 Å². The molecule has 3 aromatic rings. The minimum absolute atomic E-state index is 0.225. The van der Waals surface area contributed by atoms with Crippen LogP contribution in [0.4, 0.5) is 0 Å². The third kappa shape index (κ3) is 9.52. The van der Waals surface area contributed by atoms with Crippen LogP contribution in [0.15, 0.2) is 53.6 Å². The summed E-state index contributed by atoms with van der Waals surface area (Å²) in [5, 5.41) is 6.85. The first-order valence-electron chi connectivity index (χ1n) is 14.3. The number of nitrogens with zero attached hydrogens (tertiary/aromatic N) is 1. The van der Waals surface area contributed by atoms with Crippen LogP contribution >= 0.6 is 0 Å². The predicted octanol–water partition coefficient (Wildman–Crippen LogP) is 4.40. The molecule has 0 aliphatic heterocycles. The highest BCUT2D eigenvalue weighted by molar-refractivity contribution is 5.95. The van der Waals surface area contributed by atoms with Gasteiger partial charge in [0.1, 0.15) is 5.75 Å². The van der Waals surface area contributed by atoms with Gasteiger partial charge in [0, 0.05) is 18.5 Å². The summed E-state index contributed by atoms with van der Waals surface area (Å²) < 4.78 is 37.2. The Labute approximate surface area is 267 Å². The van der Waals surface area contributed by atoms with Gasteiger partial charge in [0.2, 0.25) is 17.4 Å². The number of methoxy groups -OCH3 is 6. The third-order valence-electron chi connectivity index (χ3n) is 6.69. The number of nitrogens with one attached hydrogen (secondary N) is 2. The van der Waals surface area contributed by atoms with Crippen molar-refractivity contribution in [3.8, 4) is 40.2 Å². The maximum atomic E-state index is 12.7. The molecule has 0 spiro atoms. The molecule has 0 fully saturated rings. The Morgan fingerprint density at radius 2 is 1.20 bits per heavy atom. The lowest BCUT2D eigenvalue weighted by molar-refractivity contribution is -0.121. The smallest absolute Gasteiger partial charge is 0.343 e. The van der Waals surface area contributed by atoms with Crippen molar-refractivity contribution in [2.45, 2.75) is 25.7 Å². The van der Waals surface area contributed by atoms with Crippen LogP contribution in [0.2, 0.25) is 0 Å². The number of unbranched alkanes of at least 4 members (excludes halogenated alkanes) is 2. The number of hydrogen-bond acceptors (Lipinski definition) is 11. The molecule has 0 aromatic heterocycles. The second-order valence-corrected chi connectivity index (χ2v) is 9.65. The highest BCUT2D eigenvalue weighted by atomic mass is 16.5. The van der Waals surface area contributed by atoms with Gasteiger partial charge < -0.3 is 38.5 Å². The van der Waals surface area contributed by atoms with Crippen molar-refractivity contribution in [3.63, 3.8) is 0 Å². The van der Waals surface area contributed by atoms with Crippen molar-refractivity contribution < 1.29 is 47.5 Å². The first kappa shape index (κ1) is 35.0. The van der Waals surface area contributed by atoms with Crippen LogP contribution in [0, 0.1) is 0 Å². The molecule has 0 heterocycles. The summed E-state index contributed by atoms with van der Waals surface area (Å²) in [6, 6.07) is 12.8. The lowest BCUT2D eigenvalue weighted by Gasteiger charge is -2.14. The zero-order chi connectivity index (χ0) is 33.5. The molecule has 2 N–H and O–H groups in total. The van der Waals surface area contributed by atoms with Crippen molar-refractivity contribution in [1.29, 1.82) is 0 Å². The van der Waals surface area contributed by atoms with Gasteiger partial charge in [-0.3, -0.25) is 9.59 Å². The molecule has 0 radical (unpaired) electrons. The third-order valence-corrected chi connectivity index (χ3v) is 6.69. The Morgan fingerprint density at radius 1 is 0.674 bits per heavy atom. The van der Waals surface area contributed by atoms with E-state index in [1.807, 2.05) is 0 Å². The molecule has 0 aliphatic carbocycles. The Hall–Kier alpha value is -5.46. The zero-order valence-corrected chi connectivity index (χ0v) is 26.8. The molecule has 0 aliphatic rings. The van der Waals surface area contributed by atoms with E-state index in [-0.39, 0.29) is 23.8 Å². The van der Waals surface area contributed by atoms with Crippen molar-refractivity contribution in [3.05, 3.63) is 65.2 Å². The topological polar surface area (TPSA) is 152 Å². The van der Waals surface area contributed by atoms with Crippen LogP contribution in [-0.2, 0) is 4.79 Å². The summed E-state index contributed by atoms with van der Waals surface area (Å²) in [6.45, 7) is 0.447. The highest BCUT2D eigenvalue weighted by Crippen LogP contribution is 2.39. The van der Waals surface area contributed by atoms with Gasteiger partial charge in [0.25, 0.3) is 5.91 Å². The molecule has 0 unspecified atom stereocenters. The van der Waals surface area contributed by atoms with E-state index in [1.165, 1.54) is 61.0 Å². The highest BCUT2D eigenvalue weighted by Gasteiger charge is 2.19. The van der Waals surface area contributed by atoms with Crippen LogP contribution in [-0.4, -0.2) is 73.2 Å². The Kier molecular flexibility index (Phi) is 13.5. The van der Waals surface area contributed by atoms with E-state index in [1.54, 1.807) is 36.4 Å². The van der Waals surface area contributed by atoms with Crippen molar-refractivity contribution in [1.82, 2.24) is 10.7 Å². The summed E-state index contributed by atoms with van der Waals surface area (Å²) in [5.74, 6) is 1.46. The quantitative estimate of drug-likeness (QED) is 0.0716. The normalized spacial score (nSPS) is 10.6. The van der Waals surface area contributed by atoms with Crippen molar-refractivity contribution in [2.24, 2.45) is 5.10 Å². The summed E-state index contributed by atoms with van der Waals surface area (Å²) in [7, 11) is 8.86. The number of amides is 2. The first-order chi connectivity index (χ1) is 22.3. The van der Waals surface area contributed by atoms with Crippen LogP contribution in [0.3, 0.4) is 0 Å². The Balaban J connectivity index is 1.38. The molecule has 0 saturated heterocycles. The predicted molar refractivity (Wildman–Crippen MR) is 170 cm³/mol. The van der Waals surface area contributed by atoms with E-state index >= 15 is 0 Å². The molecule has 0 atom stereocenters. The van der Waals surface area contributed by atoms with E-state index < -0.39 is 5.97 Å². The van der Waals surface area contributed by atoms with Crippen LogP contribution in [0.5, 0.6) is 40.2 Å². The molecular weight excluding hydrogens is 598 g/mol.